The van der Waals surface area contributed by atoms with E-state index in [0.717, 1.165) is 10.9 Å². The number of halogens is 1. The molecule has 17 heavy (non-hydrogen) atoms. The number of pyridine rings is 1. The van der Waals surface area contributed by atoms with Gasteiger partial charge >= 0.3 is 0 Å². The zero-order chi connectivity index (χ0) is 13.0. The van der Waals surface area contributed by atoms with Gasteiger partial charge in [-0.2, -0.15) is 0 Å². The van der Waals surface area contributed by atoms with E-state index in [9.17, 15) is 4.39 Å². The Hall–Kier alpha value is -1.42. The van der Waals surface area contributed by atoms with Gasteiger partial charge in [0, 0.05) is 17.8 Å². The van der Waals surface area contributed by atoms with Crippen molar-refractivity contribution in [3.8, 4) is 0 Å². The molecule has 2 aromatic heterocycles. The molecule has 0 saturated carbocycles. The molecule has 0 saturated heterocycles. The zero-order valence-electron chi connectivity index (χ0n) is 10.7. The molecule has 0 radical (unpaired) electrons. The monoisotopic (exact) mass is 238 g/mol. The summed E-state index contributed by atoms with van der Waals surface area (Å²) < 4.78 is 15.3. The Morgan fingerprint density at radius 1 is 1.41 bits per heavy atom. The lowest BCUT2D eigenvalue weighted by Gasteiger charge is -2.11. The average molecular weight is 238 g/mol. The molecule has 4 heteroatoms. The summed E-state index contributed by atoms with van der Waals surface area (Å²) in [5.41, 5.74) is 1.49. The van der Waals surface area contributed by atoms with Crippen LogP contribution in [-0.4, -0.2) is 21.3 Å². The second-order valence-electron chi connectivity index (χ2n) is 3.77. The van der Waals surface area contributed by atoms with Crippen molar-refractivity contribution >= 4 is 10.9 Å². The van der Waals surface area contributed by atoms with E-state index in [1.54, 1.807) is 10.8 Å². The fourth-order valence-electron chi connectivity index (χ4n) is 1.76. The lowest BCUT2D eigenvalue weighted by Crippen LogP contribution is -2.08. The predicted octanol–water partition coefficient (Wildman–Crippen LogP) is 3.06. The number of aryl methyl sites for hydroxylation is 1. The van der Waals surface area contributed by atoms with Gasteiger partial charge in [0.1, 0.15) is 0 Å². The summed E-state index contributed by atoms with van der Waals surface area (Å²) in [7, 11) is 0. The van der Waals surface area contributed by atoms with Crippen molar-refractivity contribution in [2.75, 3.05) is 6.61 Å². The van der Waals surface area contributed by atoms with E-state index in [1.165, 1.54) is 6.20 Å². The number of nitrogens with zero attached hydrogens (tertiary/aromatic N) is 2. The van der Waals surface area contributed by atoms with Gasteiger partial charge in [-0.25, -0.2) is 4.39 Å². The summed E-state index contributed by atoms with van der Waals surface area (Å²) in [4.78, 5) is 3.82. The molecule has 2 aromatic rings. The fourth-order valence-corrected chi connectivity index (χ4v) is 1.76. The van der Waals surface area contributed by atoms with Crippen LogP contribution in [0.3, 0.4) is 0 Å². The number of rotatable bonds is 2. The van der Waals surface area contributed by atoms with E-state index >= 15 is 0 Å². The Balaban J connectivity index is 0.000000686. The Kier molecular flexibility index (Phi) is 4.63. The third-order valence-electron chi connectivity index (χ3n) is 2.63. The van der Waals surface area contributed by atoms with Crippen molar-refractivity contribution in [1.29, 1.82) is 0 Å². The number of hydrogen-bond acceptors (Lipinski definition) is 2. The second-order valence-corrected chi connectivity index (χ2v) is 3.77. The lowest BCUT2D eigenvalue weighted by molar-refractivity contribution is 0.241. The molecular weight excluding hydrogens is 219 g/mol. The van der Waals surface area contributed by atoms with Gasteiger partial charge in [-0.3, -0.25) is 4.98 Å². The lowest BCUT2D eigenvalue weighted by atomic mass is 10.2. The van der Waals surface area contributed by atoms with Gasteiger partial charge in [-0.1, -0.05) is 13.8 Å². The maximum Gasteiger partial charge on any atom is 0.165 e. The molecule has 1 atom stereocenters. The van der Waals surface area contributed by atoms with Gasteiger partial charge in [0.2, 0.25) is 0 Å². The second kappa shape index (κ2) is 5.77. The van der Waals surface area contributed by atoms with Crippen LogP contribution in [0.5, 0.6) is 0 Å². The standard InChI is InChI=1S/C11H13FN2O.C2H6/c1-7-5-14(8(2)6-15)11-9(7)3-13-4-10(11)12;1-2/h3-5,8,15H,6H2,1-2H3;1-2H3. The Morgan fingerprint density at radius 3 is 2.65 bits per heavy atom. The Labute approximate surface area is 101 Å². The molecule has 1 unspecified atom stereocenters. The van der Waals surface area contributed by atoms with Crippen LogP contribution in [-0.2, 0) is 0 Å². The average Bonchev–Trinajstić information content (AvgIpc) is 2.70. The van der Waals surface area contributed by atoms with Crippen LogP contribution < -0.4 is 0 Å². The minimum Gasteiger partial charge on any atom is -0.394 e. The van der Waals surface area contributed by atoms with E-state index in [-0.39, 0.29) is 18.5 Å². The smallest absolute Gasteiger partial charge is 0.165 e. The van der Waals surface area contributed by atoms with Crippen molar-refractivity contribution < 1.29 is 9.50 Å². The highest BCUT2D eigenvalue weighted by atomic mass is 19.1. The fraction of sp³-hybridized carbons (Fsp3) is 0.462. The molecule has 0 aromatic carbocycles. The molecule has 0 fully saturated rings. The normalized spacial score (nSPS) is 12.1. The van der Waals surface area contributed by atoms with E-state index in [1.807, 2.05) is 33.9 Å². The molecule has 0 amide bonds. The zero-order valence-corrected chi connectivity index (χ0v) is 10.7. The molecule has 3 nitrogen and oxygen atoms in total. The van der Waals surface area contributed by atoms with Gasteiger partial charge in [0.15, 0.2) is 5.82 Å². The minimum atomic E-state index is -0.346. The summed E-state index contributed by atoms with van der Waals surface area (Å²) in [6.45, 7) is 7.74. The van der Waals surface area contributed by atoms with E-state index in [2.05, 4.69) is 4.98 Å². The van der Waals surface area contributed by atoms with Crippen LogP contribution in [0, 0.1) is 12.7 Å². The maximum absolute atomic E-state index is 13.6. The van der Waals surface area contributed by atoms with Crippen LogP contribution >= 0.6 is 0 Å². The first-order chi connectivity index (χ1) is 8.15. The summed E-state index contributed by atoms with van der Waals surface area (Å²) in [6.07, 6.45) is 4.69. The molecule has 0 aliphatic carbocycles. The highest BCUT2D eigenvalue weighted by Crippen LogP contribution is 2.25. The summed E-state index contributed by atoms with van der Waals surface area (Å²) in [5.74, 6) is -0.346. The summed E-state index contributed by atoms with van der Waals surface area (Å²) in [5, 5.41) is 9.89. The highest BCUT2D eigenvalue weighted by molar-refractivity contribution is 5.83. The number of hydrogen-bond donors (Lipinski definition) is 1. The van der Waals surface area contributed by atoms with Crippen LogP contribution in [0.15, 0.2) is 18.6 Å². The maximum atomic E-state index is 13.6. The topological polar surface area (TPSA) is 38.0 Å². The number of aliphatic hydroxyl groups excluding tert-OH is 1. The Morgan fingerprint density at radius 2 is 2.06 bits per heavy atom. The molecule has 2 heterocycles. The van der Waals surface area contributed by atoms with E-state index < -0.39 is 0 Å². The molecule has 2 rings (SSSR count). The van der Waals surface area contributed by atoms with Gasteiger partial charge in [0.05, 0.1) is 24.4 Å². The minimum absolute atomic E-state index is 0.00895. The summed E-state index contributed by atoms with van der Waals surface area (Å²) in [6, 6.07) is -0.127. The van der Waals surface area contributed by atoms with Crippen LogP contribution in [0.1, 0.15) is 32.4 Å². The van der Waals surface area contributed by atoms with E-state index in [0.29, 0.717) is 5.52 Å². The van der Waals surface area contributed by atoms with Gasteiger partial charge < -0.3 is 9.67 Å². The quantitative estimate of drug-likeness (QED) is 0.873. The molecule has 0 spiro atoms. The molecule has 94 valence electrons. The largest absolute Gasteiger partial charge is 0.394 e. The predicted molar refractivity (Wildman–Crippen MR) is 67.6 cm³/mol. The van der Waals surface area contributed by atoms with Crippen molar-refractivity contribution in [3.63, 3.8) is 0 Å². The van der Waals surface area contributed by atoms with Crippen LogP contribution in [0.4, 0.5) is 4.39 Å². The molecule has 0 bridgehead atoms. The van der Waals surface area contributed by atoms with Crippen LogP contribution in [0.2, 0.25) is 0 Å². The summed E-state index contributed by atoms with van der Waals surface area (Å²) >= 11 is 0. The molecule has 0 aliphatic rings. The Bertz CT molecular complexity index is 493. The first kappa shape index (κ1) is 13.6. The van der Waals surface area contributed by atoms with Crippen molar-refractivity contribution in [2.45, 2.75) is 33.7 Å². The first-order valence-corrected chi connectivity index (χ1v) is 5.86. The first-order valence-electron chi connectivity index (χ1n) is 5.86. The van der Waals surface area contributed by atoms with Crippen LogP contribution in [0.25, 0.3) is 10.9 Å². The van der Waals surface area contributed by atoms with E-state index in [4.69, 9.17) is 5.11 Å². The SMILES string of the molecule is CC.Cc1cn(C(C)CO)c2c(F)cncc12. The molecular formula is C13H19FN2O. The number of aliphatic hydroxyl groups is 1. The van der Waals surface area contributed by atoms with Gasteiger partial charge in [-0.15, -0.1) is 0 Å². The number of fused-ring (bicyclic) bond motifs is 1. The molecule has 1 N–H and O–H groups in total. The number of aromatic nitrogens is 2. The van der Waals surface area contributed by atoms with Crippen molar-refractivity contribution in [1.82, 2.24) is 9.55 Å². The molecule has 0 aliphatic heterocycles. The third-order valence-corrected chi connectivity index (χ3v) is 2.63. The highest BCUT2D eigenvalue weighted by Gasteiger charge is 2.13. The van der Waals surface area contributed by atoms with Gasteiger partial charge in [-0.05, 0) is 19.4 Å². The third kappa shape index (κ3) is 2.47. The van der Waals surface area contributed by atoms with Crippen molar-refractivity contribution in [3.05, 3.63) is 30.0 Å². The van der Waals surface area contributed by atoms with Gasteiger partial charge in [0.25, 0.3) is 0 Å². The van der Waals surface area contributed by atoms with Crippen molar-refractivity contribution in [2.24, 2.45) is 0 Å².